The lowest BCUT2D eigenvalue weighted by molar-refractivity contribution is -0.124. The summed E-state index contributed by atoms with van der Waals surface area (Å²) in [5.74, 6) is 0.0151. The highest BCUT2D eigenvalue weighted by Gasteiger charge is 2.41. The summed E-state index contributed by atoms with van der Waals surface area (Å²) >= 11 is 1.45. The van der Waals surface area contributed by atoms with E-state index in [0.717, 1.165) is 12.8 Å². The molecule has 0 atom stereocenters. The van der Waals surface area contributed by atoms with Crippen molar-refractivity contribution in [3.05, 3.63) is 82.4 Å². The number of fused-ring (bicyclic) bond motifs is 2. The molecule has 1 heterocycles. The Hall–Kier alpha value is -2.46. The topological polar surface area (TPSA) is 42.0 Å². The van der Waals surface area contributed by atoms with Gasteiger partial charge in [-0.1, -0.05) is 62.4 Å². The SMILES string of the molecule is CC(C)(C(=O)Nc1nccs1)C1c2ccccc2CCc2ccccc21. The number of amides is 1. The monoisotopic (exact) mass is 362 g/mol. The molecule has 1 amide bonds. The highest BCUT2D eigenvalue weighted by molar-refractivity contribution is 7.13. The Morgan fingerprint density at radius 2 is 1.62 bits per heavy atom. The number of aromatic nitrogens is 1. The van der Waals surface area contributed by atoms with E-state index in [4.69, 9.17) is 0 Å². The molecule has 1 aliphatic rings. The number of nitrogens with one attached hydrogen (secondary N) is 1. The summed E-state index contributed by atoms with van der Waals surface area (Å²) in [6, 6.07) is 17.1. The Morgan fingerprint density at radius 1 is 1.04 bits per heavy atom. The van der Waals surface area contributed by atoms with Crippen molar-refractivity contribution >= 4 is 22.4 Å². The Kier molecular flexibility index (Phi) is 4.37. The summed E-state index contributed by atoms with van der Waals surface area (Å²) < 4.78 is 0. The normalized spacial score (nSPS) is 14.2. The van der Waals surface area contributed by atoms with Crippen LogP contribution < -0.4 is 5.32 Å². The number of carbonyl (C=O) groups excluding carboxylic acids is 1. The van der Waals surface area contributed by atoms with Gasteiger partial charge in [-0.05, 0) is 35.1 Å². The number of anilines is 1. The molecule has 26 heavy (non-hydrogen) atoms. The van der Waals surface area contributed by atoms with Crippen molar-refractivity contribution in [3.8, 4) is 0 Å². The fourth-order valence-electron chi connectivity index (χ4n) is 3.98. The van der Waals surface area contributed by atoms with Crippen molar-refractivity contribution in [1.82, 2.24) is 4.98 Å². The first-order valence-corrected chi connectivity index (χ1v) is 9.82. The summed E-state index contributed by atoms with van der Waals surface area (Å²) in [5, 5.41) is 5.54. The zero-order chi connectivity index (χ0) is 18.1. The van der Waals surface area contributed by atoms with Gasteiger partial charge in [0.15, 0.2) is 5.13 Å². The number of nitrogens with zero attached hydrogens (tertiary/aromatic N) is 1. The summed E-state index contributed by atoms with van der Waals surface area (Å²) in [6.07, 6.45) is 3.73. The van der Waals surface area contributed by atoms with E-state index in [1.807, 2.05) is 19.2 Å². The van der Waals surface area contributed by atoms with E-state index in [2.05, 4.69) is 58.8 Å². The van der Waals surface area contributed by atoms with E-state index in [9.17, 15) is 4.79 Å². The van der Waals surface area contributed by atoms with Gasteiger partial charge >= 0.3 is 0 Å². The lowest BCUT2D eigenvalue weighted by atomic mass is 9.69. The molecule has 1 N–H and O–H groups in total. The fraction of sp³-hybridized carbons (Fsp3) is 0.273. The molecular weight excluding hydrogens is 340 g/mol. The Bertz CT molecular complexity index is 883. The maximum atomic E-state index is 13.2. The molecule has 0 bridgehead atoms. The van der Waals surface area contributed by atoms with Gasteiger partial charge in [0.1, 0.15) is 0 Å². The summed E-state index contributed by atoms with van der Waals surface area (Å²) in [6.45, 7) is 4.08. The van der Waals surface area contributed by atoms with Gasteiger partial charge in [-0.15, -0.1) is 11.3 Å². The zero-order valence-corrected chi connectivity index (χ0v) is 15.8. The molecule has 0 spiro atoms. The molecule has 2 aromatic carbocycles. The molecule has 0 unspecified atom stereocenters. The summed E-state index contributed by atoms with van der Waals surface area (Å²) in [4.78, 5) is 17.4. The lowest BCUT2D eigenvalue weighted by Crippen LogP contribution is -2.37. The molecule has 3 nitrogen and oxygen atoms in total. The standard InChI is InChI=1S/C22H22N2OS/c1-22(2,20(25)24-21-23-13-14-26-21)19-17-9-5-3-7-15(17)11-12-16-8-4-6-10-18(16)19/h3-10,13-14,19H,11-12H2,1-2H3,(H,23,24,25). The minimum Gasteiger partial charge on any atom is -0.301 e. The van der Waals surface area contributed by atoms with Crippen molar-refractivity contribution < 1.29 is 4.79 Å². The molecule has 0 fully saturated rings. The smallest absolute Gasteiger partial charge is 0.232 e. The highest BCUT2D eigenvalue weighted by atomic mass is 32.1. The molecule has 132 valence electrons. The van der Waals surface area contributed by atoms with Gasteiger partial charge in [0.05, 0.1) is 5.41 Å². The zero-order valence-electron chi connectivity index (χ0n) is 15.0. The van der Waals surface area contributed by atoms with Crippen molar-refractivity contribution in [2.45, 2.75) is 32.6 Å². The number of rotatable bonds is 3. The second-order valence-corrected chi connectivity index (χ2v) is 8.24. The van der Waals surface area contributed by atoms with Gasteiger partial charge in [0.2, 0.25) is 5.91 Å². The predicted molar refractivity (Wildman–Crippen MR) is 107 cm³/mol. The second-order valence-electron chi connectivity index (χ2n) is 7.34. The third-order valence-electron chi connectivity index (χ3n) is 5.36. The van der Waals surface area contributed by atoms with Crippen LogP contribution in [0.1, 0.15) is 42.0 Å². The average Bonchev–Trinajstić information content (AvgIpc) is 3.08. The summed E-state index contributed by atoms with van der Waals surface area (Å²) in [5.41, 5.74) is 4.59. The van der Waals surface area contributed by atoms with Crippen LogP contribution >= 0.6 is 11.3 Å². The number of hydrogen-bond acceptors (Lipinski definition) is 3. The molecular formula is C22H22N2OS. The number of aryl methyl sites for hydroxylation is 2. The van der Waals surface area contributed by atoms with Crippen LogP contribution in [0.2, 0.25) is 0 Å². The molecule has 3 aromatic rings. The van der Waals surface area contributed by atoms with Gasteiger partial charge in [-0.2, -0.15) is 0 Å². The second kappa shape index (κ2) is 6.69. The van der Waals surface area contributed by atoms with E-state index in [1.165, 1.54) is 33.6 Å². The molecule has 1 aliphatic carbocycles. The van der Waals surface area contributed by atoms with E-state index < -0.39 is 5.41 Å². The molecule has 4 rings (SSSR count). The number of hydrogen-bond donors (Lipinski definition) is 1. The Labute approximate surface area is 158 Å². The third-order valence-corrected chi connectivity index (χ3v) is 6.04. The van der Waals surface area contributed by atoms with Crippen LogP contribution in [0, 0.1) is 5.41 Å². The number of carbonyl (C=O) groups is 1. The molecule has 1 aromatic heterocycles. The quantitative estimate of drug-likeness (QED) is 0.709. The van der Waals surface area contributed by atoms with E-state index in [0.29, 0.717) is 5.13 Å². The van der Waals surface area contributed by atoms with Crippen LogP contribution in [0.5, 0.6) is 0 Å². The van der Waals surface area contributed by atoms with Crippen LogP contribution in [0.15, 0.2) is 60.1 Å². The van der Waals surface area contributed by atoms with E-state index in [-0.39, 0.29) is 11.8 Å². The fourth-order valence-corrected chi connectivity index (χ4v) is 4.50. The molecule has 0 aliphatic heterocycles. The summed E-state index contributed by atoms with van der Waals surface area (Å²) in [7, 11) is 0. The molecule has 4 heteroatoms. The van der Waals surface area contributed by atoms with Gasteiger partial charge < -0.3 is 5.32 Å². The van der Waals surface area contributed by atoms with Crippen LogP contribution in [-0.4, -0.2) is 10.9 Å². The van der Waals surface area contributed by atoms with Crippen molar-refractivity contribution in [2.24, 2.45) is 5.41 Å². The van der Waals surface area contributed by atoms with Crippen molar-refractivity contribution in [1.29, 1.82) is 0 Å². The van der Waals surface area contributed by atoms with Crippen LogP contribution in [0.3, 0.4) is 0 Å². The van der Waals surface area contributed by atoms with Crippen LogP contribution in [0.25, 0.3) is 0 Å². The largest absolute Gasteiger partial charge is 0.301 e. The lowest BCUT2D eigenvalue weighted by Gasteiger charge is -2.34. The Morgan fingerprint density at radius 3 is 2.15 bits per heavy atom. The van der Waals surface area contributed by atoms with Gasteiger partial charge in [-0.25, -0.2) is 4.98 Å². The first-order chi connectivity index (χ1) is 12.6. The minimum atomic E-state index is -0.609. The van der Waals surface area contributed by atoms with Crippen molar-refractivity contribution in [3.63, 3.8) is 0 Å². The van der Waals surface area contributed by atoms with E-state index in [1.54, 1.807) is 6.20 Å². The predicted octanol–water partition coefficient (Wildman–Crippen LogP) is 5.04. The molecule has 0 saturated carbocycles. The number of thiazole rings is 1. The highest BCUT2D eigenvalue weighted by Crippen LogP contribution is 2.46. The van der Waals surface area contributed by atoms with Crippen LogP contribution in [-0.2, 0) is 17.6 Å². The van der Waals surface area contributed by atoms with Gasteiger partial charge in [-0.3, -0.25) is 4.79 Å². The maximum absolute atomic E-state index is 13.2. The van der Waals surface area contributed by atoms with Crippen LogP contribution in [0.4, 0.5) is 5.13 Å². The van der Waals surface area contributed by atoms with Gasteiger partial charge in [0, 0.05) is 17.5 Å². The molecule has 0 saturated heterocycles. The molecule has 0 radical (unpaired) electrons. The first kappa shape index (κ1) is 17.0. The number of benzene rings is 2. The third kappa shape index (κ3) is 2.95. The average molecular weight is 362 g/mol. The van der Waals surface area contributed by atoms with Crippen molar-refractivity contribution in [2.75, 3.05) is 5.32 Å². The van der Waals surface area contributed by atoms with Gasteiger partial charge in [0.25, 0.3) is 0 Å². The first-order valence-electron chi connectivity index (χ1n) is 8.94. The maximum Gasteiger partial charge on any atom is 0.232 e. The van der Waals surface area contributed by atoms with E-state index >= 15 is 0 Å². The minimum absolute atomic E-state index is 0.00366. The Balaban J connectivity index is 1.82.